The molecule has 0 spiro atoms. The molecule has 1 aliphatic carbocycles. The first-order valence-electron chi connectivity index (χ1n) is 14.5. The van der Waals surface area contributed by atoms with Crippen LogP contribution in [0, 0.1) is 17.7 Å². The quantitative estimate of drug-likeness (QED) is 0.231. The topological polar surface area (TPSA) is 47.6 Å². The van der Waals surface area contributed by atoms with Gasteiger partial charge in [-0.3, -0.25) is 0 Å². The Balaban J connectivity index is 1.56. The zero-order valence-corrected chi connectivity index (χ0v) is 22.7. The van der Waals surface area contributed by atoms with E-state index in [0.717, 1.165) is 36.7 Å². The summed E-state index contributed by atoms with van der Waals surface area (Å²) in [6.07, 6.45) is 11.7. The van der Waals surface area contributed by atoms with E-state index in [1.54, 1.807) is 12.1 Å². The number of aryl methyl sites for hydroxylation is 1. The van der Waals surface area contributed by atoms with Gasteiger partial charge in [0.1, 0.15) is 5.82 Å². The first kappa shape index (κ1) is 29.8. The van der Waals surface area contributed by atoms with Crippen LogP contribution in [-0.2, 0) is 16.7 Å². The van der Waals surface area contributed by atoms with Crippen LogP contribution in [0.4, 0.5) is 17.6 Å². The molecule has 0 bridgehead atoms. The van der Waals surface area contributed by atoms with Crippen molar-refractivity contribution in [3.8, 4) is 0 Å². The summed E-state index contributed by atoms with van der Waals surface area (Å²) in [5, 5.41) is 0. The molecule has 1 aromatic rings. The van der Waals surface area contributed by atoms with Gasteiger partial charge in [0.05, 0.1) is 5.54 Å². The van der Waals surface area contributed by atoms with Crippen LogP contribution in [-0.4, -0.2) is 18.3 Å². The maximum atomic E-state index is 14.8. The summed E-state index contributed by atoms with van der Waals surface area (Å²) in [7, 11) is 0. The molecule has 0 saturated heterocycles. The maximum absolute atomic E-state index is 14.8. The number of hydrogen-bond donors (Lipinski definition) is 1. The molecule has 37 heavy (non-hydrogen) atoms. The van der Waals surface area contributed by atoms with Crippen molar-refractivity contribution in [1.29, 1.82) is 0 Å². The summed E-state index contributed by atoms with van der Waals surface area (Å²) in [5.41, 5.74) is 5.21. The van der Waals surface area contributed by atoms with Gasteiger partial charge in [-0.2, -0.15) is 13.2 Å². The molecule has 3 unspecified atom stereocenters. The van der Waals surface area contributed by atoms with Crippen LogP contribution in [0.5, 0.6) is 0 Å². The van der Waals surface area contributed by atoms with Crippen molar-refractivity contribution in [3.05, 3.63) is 35.1 Å². The molecule has 2 N–H and O–H groups in total. The third-order valence-corrected chi connectivity index (χ3v) is 8.46. The van der Waals surface area contributed by atoms with Gasteiger partial charge in [-0.25, -0.2) is 9.38 Å². The summed E-state index contributed by atoms with van der Waals surface area (Å²) in [6.45, 7) is 3.77. The zero-order chi connectivity index (χ0) is 26.9. The van der Waals surface area contributed by atoms with E-state index >= 15 is 0 Å². The summed E-state index contributed by atoms with van der Waals surface area (Å²) >= 11 is 0. The second kappa shape index (κ2) is 13.8. The van der Waals surface area contributed by atoms with E-state index in [9.17, 15) is 17.6 Å². The number of hydrogen-bond acceptors (Lipinski definition) is 3. The Hall–Kier alpha value is -1.79. The Labute approximate surface area is 220 Å². The first-order chi connectivity index (χ1) is 17.6. The number of rotatable bonds is 11. The normalized spacial score (nSPS) is 24.6. The standard InChI is InChI=1S/C30H46F4N2O/c1-3-4-14-23(24-15-10-6-5-7-11-16-24)17-12-8-9-13-22-18-19-26(31)25(20-22)29(2)21-27(30(32,33)34)37-28(35)36-29/h18-20,23-24,27H,3-17,21H2,1-2H3,(H2,35,36). The fourth-order valence-corrected chi connectivity index (χ4v) is 6.31. The van der Waals surface area contributed by atoms with E-state index in [4.69, 9.17) is 10.5 Å². The van der Waals surface area contributed by atoms with Crippen LogP contribution in [0.3, 0.4) is 0 Å². The van der Waals surface area contributed by atoms with Gasteiger partial charge in [0.2, 0.25) is 0 Å². The molecule has 3 atom stereocenters. The van der Waals surface area contributed by atoms with Crippen LogP contribution in [0.2, 0.25) is 0 Å². The third kappa shape index (κ3) is 8.88. The molecule has 1 fully saturated rings. The van der Waals surface area contributed by atoms with Crippen LogP contribution >= 0.6 is 0 Å². The second-order valence-electron chi connectivity index (χ2n) is 11.5. The van der Waals surface area contributed by atoms with E-state index < -0.39 is 36.1 Å². The second-order valence-corrected chi connectivity index (χ2v) is 11.5. The molecule has 0 amide bonds. The summed E-state index contributed by atoms with van der Waals surface area (Å²) in [6, 6.07) is 4.19. The van der Waals surface area contributed by atoms with Gasteiger partial charge in [-0.15, -0.1) is 0 Å². The van der Waals surface area contributed by atoms with Crippen molar-refractivity contribution in [1.82, 2.24) is 0 Å². The number of nitrogens with zero attached hydrogens (tertiary/aromatic N) is 1. The van der Waals surface area contributed by atoms with Crippen molar-refractivity contribution >= 4 is 6.02 Å². The molecule has 1 aliphatic heterocycles. The lowest BCUT2D eigenvalue weighted by Gasteiger charge is -2.36. The van der Waals surface area contributed by atoms with Crippen LogP contribution < -0.4 is 5.73 Å². The van der Waals surface area contributed by atoms with E-state index in [1.807, 2.05) is 0 Å². The lowest BCUT2D eigenvalue weighted by Crippen LogP contribution is -2.46. The van der Waals surface area contributed by atoms with Gasteiger partial charge in [0, 0.05) is 12.0 Å². The fraction of sp³-hybridized carbons (Fsp3) is 0.767. The van der Waals surface area contributed by atoms with E-state index in [1.165, 1.54) is 90.0 Å². The van der Waals surface area contributed by atoms with Gasteiger partial charge < -0.3 is 10.5 Å². The minimum absolute atomic E-state index is 0.148. The van der Waals surface area contributed by atoms with Crippen molar-refractivity contribution in [3.63, 3.8) is 0 Å². The molecular formula is C30H46F4N2O. The highest BCUT2D eigenvalue weighted by molar-refractivity contribution is 5.73. The Morgan fingerprint density at radius 1 is 1.03 bits per heavy atom. The average Bonchev–Trinajstić information content (AvgIpc) is 2.81. The maximum Gasteiger partial charge on any atom is 0.425 e. The number of ether oxygens (including phenoxy) is 1. The lowest BCUT2D eigenvalue weighted by molar-refractivity contribution is -0.208. The summed E-state index contributed by atoms with van der Waals surface area (Å²) in [5.74, 6) is 1.14. The van der Waals surface area contributed by atoms with Gasteiger partial charge in [-0.1, -0.05) is 103 Å². The predicted octanol–water partition coefficient (Wildman–Crippen LogP) is 8.98. The zero-order valence-electron chi connectivity index (χ0n) is 22.7. The number of nitrogens with two attached hydrogens (primary N) is 1. The summed E-state index contributed by atoms with van der Waals surface area (Å²) in [4.78, 5) is 4.09. The molecule has 1 aromatic carbocycles. The molecule has 3 rings (SSSR count). The van der Waals surface area contributed by atoms with Crippen molar-refractivity contribution in [2.45, 2.75) is 134 Å². The molecule has 2 aliphatic rings. The minimum atomic E-state index is -4.60. The van der Waals surface area contributed by atoms with Crippen LogP contribution in [0.1, 0.15) is 121 Å². The van der Waals surface area contributed by atoms with Crippen molar-refractivity contribution in [2.24, 2.45) is 22.6 Å². The smallest absolute Gasteiger partial charge is 0.425 e. The average molecular weight is 527 g/mol. The third-order valence-electron chi connectivity index (χ3n) is 8.46. The van der Waals surface area contributed by atoms with Crippen molar-refractivity contribution < 1.29 is 22.3 Å². The number of aliphatic imine (C=N–C) groups is 1. The van der Waals surface area contributed by atoms with Gasteiger partial charge in [0.15, 0.2) is 6.10 Å². The number of amidine groups is 1. The highest BCUT2D eigenvalue weighted by Gasteiger charge is 2.50. The van der Waals surface area contributed by atoms with Gasteiger partial charge in [-0.05, 0) is 43.2 Å². The highest BCUT2D eigenvalue weighted by Crippen LogP contribution is 2.41. The number of unbranched alkanes of at least 4 members (excludes halogenated alkanes) is 3. The molecular weight excluding hydrogens is 480 g/mol. The molecule has 1 saturated carbocycles. The minimum Gasteiger partial charge on any atom is -0.452 e. The lowest BCUT2D eigenvalue weighted by atomic mass is 9.77. The SMILES string of the molecule is CCCCC(CCCCCc1ccc(F)c(C2(C)CC(C(F)(F)F)OC(N)=N2)c1)C1CCCCCCC1. The number of halogens is 4. The van der Waals surface area contributed by atoms with Crippen LogP contribution in [0.15, 0.2) is 23.2 Å². The monoisotopic (exact) mass is 526 g/mol. The fourth-order valence-electron chi connectivity index (χ4n) is 6.31. The summed E-state index contributed by atoms with van der Waals surface area (Å²) < 4.78 is 59.5. The van der Waals surface area contributed by atoms with Crippen molar-refractivity contribution in [2.75, 3.05) is 0 Å². The molecule has 0 radical (unpaired) electrons. The Morgan fingerprint density at radius 3 is 2.38 bits per heavy atom. The molecule has 0 aromatic heterocycles. The molecule has 1 heterocycles. The Bertz CT molecular complexity index is 864. The molecule has 7 heteroatoms. The van der Waals surface area contributed by atoms with Crippen LogP contribution in [0.25, 0.3) is 0 Å². The first-order valence-corrected chi connectivity index (χ1v) is 14.5. The Kier molecular flexibility index (Phi) is 11.1. The molecule has 210 valence electrons. The number of alkyl halides is 3. The van der Waals surface area contributed by atoms with E-state index in [2.05, 4.69) is 11.9 Å². The largest absolute Gasteiger partial charge is 0.452 e. The number of benzene rings is 1. The van der Waals surface area contributed by atoms with E-state index in [0.29, 0.717) is 0 Å². The Morgan fingerprint density at radius 2 is 1.70 bits per heavy atom. The highest BCUT2D eigenvalue weighted by atomic mass is 19.4. The molecule has 3 nitrogen and oxygen atoms in total. The van der Waals surface area contributed by atoms with Gasteiger partial charge in [0.25, 0.3) is 6.02 Å². The van der Waals surface area contributed by atoms with Gasteiger partial charge >= 0.3 is 6.18 Å². The van der Waals surface area contributed by atoms with E-state index in [-0.39, 0.29) is 5.56 Å². The predicted molar refractivity (Wildman–Crippen MR) is 142 cm³/mol.